The van der Waals surface area contributed by atoms with Crippen molar-refractivity contribution in [3.63, 3.8) is 0 Å². The number of carbonyl (C=O) groups is 1. The third-order valence-corrected chi connectivity index (χ3v) is 4.59. The first-order chi connectivity index (χ1) is 13.2. The summed E-state index contributed by atoms with van der Waals surface area (Å²) in [5, 5.41) is 3.49. The van der Waals surface area contributed by atoms with Crippen molar-refractivity contribution in [2.75, 3.05) is 5.32 Å². The van der Waals surface area contributed by atoms with Gasteiger partial charge in [0.15, 0.2) is 5.58 Å². The van der Waals surface area contributed by atoms with Crippen LogP contribution in [0, 0.1) is 0 Å². The number of aromatic nitrogens is 1. The molecule has 4 aromatic rings. The monoisotopic (exact) mass is 376 g/mol. The summed E-state index contributed by atoms with van der Waals surface area (Å²) in [6.07, 6.45) is 1.12. The number of oxazole rings is 1. The van der Waals surface area contributed by atoms with E-state index < -0.39 is 0 Å². The largest absolute Gasteiger partial charge is 0.436 e. The van der Waals surface area contributed by atoms with Crippen molar-refractivity contribution in [1.82, 2.24) is 4.98 Å². The first kappa shape index (κ1) is 17.3. The lowest BCUT2D eigenvalue weighted by atomic mass is 10.1. The molecule has 27 heavy (non-hydrogen) atoms. The van der Waals surface area contributed by atoms with Crippen LogP contribution in [-0.2, 0) is 11.2 Å². The highest BCUT2D eigenvalue weighted by atomic mass is 35.5. The molecule has 1 aromatic heterocycles. The SMILES string of the molecule is O=C(CCc1ccccc1)Nc1ccc2nc(-c3ccccc3Cl)oc2c1. The molecule has 1 heterocycles. The molecule has 0 bridgehead atoms. The van der Waals surface area contributed by atoms with Crippen molar-refractivity contribution in [2.24, 2.45) is 0 Å². The Morgan fingerprint density at radius 1 is 1.00 bits per heavy atom. The molecule has 0 unspecified atom stereocenters. The van der Waals surface area contributed by atoms with Crippen LogP contribution in [0.5, 0.6) is 0 Å². The van der Waals surface area contributed by atoms with E-state index in [1.54, 1.807) is 12.1 Å². The number of fused-ring (bicyclic) bond motifs is 1. The molecule has 5 heteroatoms. The van der Waals surface area contributed by atoms with Gasteiger partial charge in [-0.1, -0.05) is 54.1 Å². The topological polar surface area (TPSA) is 55.1 Å². The lowest BCUT2D eigenvalue weighted by Crippen LogP contribution is -2.12. The van der Waals surface area contributed by atoms with Crippen LogP contribution >= 0.6 is 11.6 Å². The summed E-state index contributed by atoms with van der Waals surface area (Å²) in [7, 11) is 0. The molecule has 1 amide bonds. The minimum Gasteiger partial charge on any atom is -0.436 e. The van der Waals surface area contributed by atoms with Crippen molar-refractivity contribution >= 4 is 34.3 Å². The van der Waals surface area contributed by atoms with Crippen molar-refractivity contribution < 1.29 is 9.21 Å². The Balaban J connectivity index is 1.48. The zero-order chi connectivity index (χ0) is 18.6. The van der Waals surface area contributed by atoms with Crippen LogP contribution in [0.4, 0.5) is 5.69 Å². The zero-order valence-electron chi connectivity index (χ0n) is 14.5. The Hall–Kier alpha value is -3.11. The van der Waals surface area contributed by atoms with Crippen LogP contribution in [0.1, 0.15) is 12.0 Å². The van der Waals surface area contributed by atoms with Crippen LogP contribution in [-0.4, -0.2) is 10.9 Å². The fourth-order valence-corrected chi connectivity index (χ4v) is 3.09. The van der Waals surface area contributed by atoms with E-state index in [1.807, 2.05) is 60.7 Å². The molecule has 4 nitrogen and oxygen atoms in total. The van der Waals surface area contributed by atoms with E-state index in [4.69, 9.17) is 16.0 Å². The number of nitrogens with zero attached hydrogens (tertiary/aromatic N) is 1. The van der Waals surface area contributed by atoms with Crippen LogP contribution in [0.2, 0.25) is 5.02 Å². The number of aryl methyl sites for hydroxylation is 1. The second kappa shape index (κ2) is 7.64. The maximum Gasteiger partial charge on any atom is 0.228 e. The van der Waals surface area contributed by atoms with Gasteiger partial charge in [-0.3, -0.25) is 4.79 Å². The van der Waals surface area contributed by atoms with Gasteiger partial charge in [-0.05, 0) is 36.2 Å². The number of carbonyl (C=O) groups excluding carboxylic acids is 1. The van der Waals surface area contributed by atoms with Gasteiger partial charge in [-0.15, -0.1) is 0 Å². The summed E-state index contributed by atoms with van der Waals surface area (Å²) in [6, 6.07) is 22.8. The molecule has 4 rings (SSSR count). The summed E-state index contributed by atoms with van der Waals surface area (Å²) >= 11 is 6.21. The van der Waals surface area contributed by atoms with E-state index in [9.17, 15) is 4.79 Å². The van der Waals surface area contributed by atoms with Crippen LogP contribution in [0.25, 0.3) is 22.6 Å². The normalized spacial score (nSPS) is 10.9. The van der Waals surface area contributed by atoms with Gasteiger partial charge in [-0.2, -0.15) is 0 Å². The number of anilines is 1. The molecule has 1 N–H and O–H groups in total. The molecule has 0 aliphatic heterocycles. The standard InChI is InChI=1S/C22H17ClN2O2/c23-18-9-5-4-8-17(18)22-25-19-12-11-16(14-20(19)27-22)24-21(26)13-10-15-6-2-1-3-7-15/h1-9,11-12,14H,10,13H2,(H,24,26). The summed E-state index contributed by atoms with van der Waals surface area (Å²) in [4.78, 5) is 16.7. The maximum absolute atomic E-state index is 12.2. The molecule has 0 aliphatic rings. The number of hydrogen-bond acceptors (Lipinski definition) is 3. The van der Waals surface area contributed by atoms with Crippen molar-refractivity contribution in [3.05, 3.63) is 83.4 Å². The fraction of sp³-hybridized carbons (Fsp3) is 0.0909. The van der Waals surface area contributed by atoms with E-state index in [0.717, 1.165) is 11.1 Å². The first-order valence-electron chi connectivity index (χ1n) is 8.68. The van der Waals surface area contributed by atoms with Gasteiger partial charge in [0.05, 0.1) is 10.6 Å². The van der Waals surface area contributed by atoms with Gasteiger partial charge < -0.3 is 9.73 Å². The number of amides is 1. The maximum atomic E-state index is 12.2. The van der Waals surface area contributed by atoms with Gasteiger partial charge in [0.2, 0.25) is 11.8 Å². The predicted octanol–water partition coefficient (Wildman–Crippen LogP) is 5.72. The molecule has 0 spiro atoms. The Bertz CT molecular complexity index is 1090. The number of rotatable bonds is 5. The quantitative estimate of drug-likeness (QED) is 0.484. The number of halogens is 1. The van der Waals surface area contributed by atoms with Gasteiger partial charge >= 0.3 is 0 Å². The molecule has 0 saturated heterocycles. The second-order valence-electron chi connectivity index (χ2n) is 6.22. The van der Waals surface area contributed by atoms with Crippen LogP contribution in [0.3, 0.4) is 0 Å². The summed E-state index contributed by atoms with van der Waals surface area (Å²) in [5.41, 5.74) is 3.88. The van der Waals surface area contributed by atoms with Gasteiger partial charge in [-0.25, -0.2) is 4.98 Å². The minimum absolute atomic E-state index is 0.0379. The Morgan fingerprint density at radius 2 is 1.78 bits per heavy atom. The average Bonchev–Trinajstić information content (AvgIpc) is 3.10. The molecule has 0 radical (unpaired) electrons. The van der Waals surface area contributed by atoms with Crippen molar-refractivity contribution in [1.29, 1.82) is 0 Å². The Labute approximate surface area is 161 Å². The van der Waals surface area contributed by atoms with Crippen molar-refractivity contribution in [2.45, 2.75) is 12.8 Å². The second-order valence-corrected chi connectivity index (χ2v) is 6.62. The molecular formula is C22H17ClN2O2. The highest BCUT2D eigenvalue weighted by molar-refractivity contribution is 6.33. The summed E-state index contributed by atoms with van der Waals surface area (Å²) in [6.45, 7) is 0. The van der Waals surface area contributed by atoms with Gasteiger partial charge in [0, 0.05) is 18.2 Å². The Morgan fingerprint density at radius 3 is 2.59 bits per heavy atom. The fourth-order valence-electron chi connectivity index (χ4n) is 2.88. The highest BCUT2D eigenvalue weighted by Crippen LogP contribution is 2.30. The van der Waals surface area contributed by atoms with Crippen LogP contribution in [0.15, 0.2) is 77.2 Å². The zero-order valence-corrected chi connectivity index (χ0v) is 15.2. The molecule has 134 valence electrons. The summed E-state index contributed by atoms with van der Waals surface area (Å²) in [5.74, 6) is 0.423. The minimum atomic E-state index is -0.0379. The van der Waals surface area contributed by atoms with E-state index >= 15 is 0 Å². The number of hydrogen-bond donors (Lipinski definition) is 1. The van der Waals surface area contributed by atoms with E-state index in [0.29, 0.717) is 40.5 Å². The molecule has 0 atom stereocenters. The first-order valence-corrected chi connectivity index (χ1v) is 9.06. The molecular weight excluding hydrogens is 360 g/mol. The number of benzene rings is 3. The molecule has 0 aliphatic carbocycles. The van der Waals surface area contributed by atoms with Crippen LogP contribution < -0.4 is 5.32 Å². The van der Waals surface area contributed by atoms with Crippen molar-refractivity contribution in [3.8, 4) is 11.5 Å². The Kier molecular flexibility index (Phi) is 4.90. The highest BCUT2D eigenvalue weighted by Gasteiger charge is 2.12. The predicted molar refractivity (Wildman–Crippen MR) is 108 cm³/mol. The molecule has 3 aromatic carbocycles. The van der Waals surface area contributed by atoms with E-state index in [-0.39, 0.29) is 5.91 Å². The molecule has 0 fully saturated rings. The third-order valence-electron chi connectivity index (χ3n) is 4.26. The lowest BCUT2D eigenvalue weighted by molar-refractivity contribution is -0.116. The lowest BCUT2D eigenvalue weighted by Gasteiger charge is -2.05. The summed E-state index contributed by atoms with van der Waals surface area (Å²) < 4.78 is 5.84. The van der Waals surface area contributed by atoms with Gasteiger partial charge in [0.1, 0.15) is 5.52 Å². The number of nitrogens with one attached hydrogen (secondary N) is 1. The van der Waals surface area contributed by atoms with E-state index in [2.05, 4.69) is 10.3 Å². The smallest absolute Gasteiger partial charge is 0.228 e. The van der Waals surface area contributed by atoms with Gasteiger partial charge in [0.25, 0.3) is 0 Å². The van der Waals surface area contributed by atoms with E-state index in [1.165, 1.54) is 0 Å². The third kappa shape index (κ3) is 4.01. The average molecular weight is 377 g/mol. The molecule has 0 saturated carbocycles.